The minimum atomic E-state index is -0.571. The number of carbonyl (C=O) groups is 1. The third kappa shape index (κ3) is 4.14. The van der Waals surface area contributed by atoms with Gasteiger partial charge in [0.2, 0.25) is 0 Å². The summed E-state index contributed by atoms with van der Waals surface area (Å²) in [7, 11) is 0. The Kier molecular flexibility index (Phi) is 4.65. The van der Waals surface area contributed by atoms with Crippen molar-refractivity contribution in [3.63, 3.8) is 0 Å². The predicted molar refractivity (Wildman–Crippen MR) is 88.4 cm³/mol. The van der Waals surface area contributed by atoms with E-state index in [1.165, 1.54) is 60.7 Å². The lowest BCUT2D eigenvalue weighted by Gasteiger charge is -2.08. The van der Waals surface area contributed by atoms with Gasteiger partial charge in [0.1, 0.15) is 17.3 Å². The van der Waals surface area contributed by atoms with Crippen LogP contribution in [0.5, 0.6) is 0 Å². The van der Waals surface area contributed by atoms with E-state index in [9.17, 15) is 18.4 Å². The van der Waals surface area contributed by atoms with Crippen molar-refractivity contribution in [2.45, 2.75) is 6.54 Å². The van der Waals surface area contributed by atoms with Crippen molar-refractivity contribution < 1.29 is 13.6 Å². The standard InChI is InChI=1S/C18H13F2N3O2/c19-13-6-4-12(5-7-13)11-23-17(24)9-8-16(22-23)18(25)21-15-3-1-2-14(20)10-15/h1-10H,11H2,(H,21,25). The highest BCUT2D eigenvalue weighted by atomic mass is 19.1. The molecule has 1 N–H and O–H groups in total. The molecule has 2 aromatic carbocycles. The van der Waals surface area contributed by atoms with E-state index in [2.05, 4.69) is 10.4 Å². The number of halogens is 2. The second-order valence-corrected chi connectivity index (χ2v) is 5.31. The number of aromatic nitrogens is 2. The first-order chi connectivity index (χ1) is 12.0. The number of nitrogens with zero attached hydrogens (tertiary/aromatic N) is 2. The molecule has 0 unspecified atom stereocenters. The van der Waals surface area contributed by atoms with Gasteiger partial charge >= 0.3 is 0 Å². The Balaban J connectivity index is 1.82. The Bertz CT molecular complexity index is 969. The van der Waals surface area contributed by atoms with Gasteiger partial charge in [0, 0.05) is 11.8 Å². The SMILES string of the molecule is O=C(Nc1cccc(F)c1)c1ccc(=O)n(Cc2ccc(F)cc2)n1. The van der Waals surface area contributed by atoms with Crippen LogP contribution in [0.4, 0.5) is 14.5 Å². The summed E-state index contributed by atoms with van der Waals surface area (Å²) in [6.07, 6.45) is 0. The van der Waals surface area contributed by atoms with Crippen molar-refractivity contribution in [2.75, 3.05) is 5.32 Å². The lowest BCUT2D eigenvalue weighted by atomic mass is 10.2. The fraction of sp³-hybridized carbons (Fsp3) is 0.0556. The molecular weight excluding hydrogens is 328 g/mol. The Hall–Kier alpha value is -3.35. The van der Waals surface area contributed by atoms with Crippen LogP contribution in [-0.2, 0) is 6.54 Å². The van der Waals surface area contributed by atoms with E-state index < -0.39 is 17.3 Å². The van der Waals surface area contributed by atoms with Crippen LogP contribution in [0.1, 0.15) is 16.1 Å². The molecule has 0 bridgehead atoms. The first-order valence-corrected chi connectivity index (χ1v) is 7.41. The van der Waals surface area contributed by atoms with E-state index in [-0.39, 0.29) is 23.7 Å². The lowest BCUT2D eigenvalue weighted by Crippen LogP contribution is -2.26. The normalized spacial score (nSPS) is 10.5. The number of amides is 1. The molecule has 0 saturated heterocycles. The summed E-state index contributed by atoms with van der Waals surface area (Å²) in [5.74, 6) is -1.43. The predicted octanol–water partition coefficient (Wildman–Crippen LogP) is 2.82. The van der Waals surface area contributed by atoms with Crippen molar-refractivity contribution >= 4 is 11.6 Å². The highest BCUT2D eigenvalue weighted by Crippen LogP contribution is 2.10. The van der Waals surface area contributed by atoms with Crippen molar-refractivity contribution in [1.82, 2.24) is 9.78 Å². The van der Waals surface area contributed by atoms with E-state index >= 15 is 0 Å². The largest absolute Gasteiger partial charge is 0.320 e. The van der Waals surface area contributed by atoms with Crippen LogP contribution in [0.15, 0.2) is 65.5 Å². The quantitative estimate of drug-likeness (QED) is 0.794. The van der Waals surface area contributed by atoms with E-state index in [1.54, 1.807) is 0 Å². The molecule has 25 heavy (non-hydrogen) atoms. The molecule has 3 rings (SSSR count). The second kappa shape index (κ2) is 7.04. The van der Waals surface area contributed by atoms with Gasteiger partial charge in [-0.2, -0.15) is 5.10 Å². The van der Waals surface area contributed by atoms with Gasteiger partial charge in [0.05, 0.1) is 6.54 Å². The maximum Gasteiger partial charge on any atom is 0.276 e. The van der Waals surface area contributed by atoms with Gasteiger partial charge in [-0.15, -0.1) is 0 Å². The molecule has 1 amide bonds. The fourth-order valence-electron chi connectivity index (χ4n) is 2.21. The zero-order chi connectivity index (χ0) is 17.8. The topological polar surface area (TPSA) is 64.0 Å². The van der Waals surface area contributed by atoms with Gasteiger partial charge in [-0.1, -0.05) is 18.2 Å². The minimum Gasteiger partial charge on any atom is -0.320 e. The lowest BCUT2D eigenvalue weighted by molar-refractivity contribution is 0.102. The van der Waals surface area contributed by atoms with Crippen molar-refractivity contribution in [1.29, 1.82) is 0 Å². The van der Waals surface area contributed by atoms with Gasteiger partial charge in [0.15, 0.2) is 0 Å². The summed E-state index contributed by atoms with van der Waals surface area (Å²) in [5.41, 5.74) is 0.555. The molecule has 1 aromatic heterocycles. The van der Waals surface area contributed by atoms with Gasteiger partial charge in [0.25, 0.3) is 11.5 Å². The monoisotopic (exact) mass is 341 g/mol. The average Bonchev–Trinajstić information content (AvgIpc) is 2.59. The van der Waals surface area contributed by atoms with Crippen LogP contribution in [0.3, 0.4) is 0 Å². The number of benzene rings is 2. The van der Waals surface area contributed by atoms with Crippen LogP contribution in [0.2, 0.25) is 0 Å². The van der Waals surface area contributed by atoms with E-state index in [4.69, 9.17) is 0 Å². The molecule has 0 aliphatic carbocycles. The second-order valence-electron chi connectivity index (χ2n) is 5.31. The van der Waals surface area contributed by atoms with Gasteiger partial charge in [-0.05, 0) is 42.0 Å². The van der Waals surface area contributed by atoms with E-state index in [0.29, 0.717) is 5.56 Å². The smallest absolute Gasteiger partial charge is 0.276 e. The average molecular weight is 341 g/mol. The molecule has 7 heteroatoms. The summed E-state index contributed by atoms with van der Waals surface area (Å²) in [5, 5.41) is 6.52. The Morgan fingerprint density at radius 3 is 2.48 bits per heavy atom. The summed E-state index contributed by atoms with van der Waals surface area (Å²) in [6.45, 7) is 0.0974. The Morgan fingerprint density at radius 2 is 1.76 bits per heavy atom. The highest BCUT2D eigenvalue weighted by Gasteiger charge is 2.11. The molecule has 0 saturated carbocycles. The van der Waals surface area contributed by atoms with Gasteiger partial charge in [-0.25, -0.2) is 13.5 Å². The third-order valence-corrected chi connectivity index (χ3v) is 3.43. The highest BCUT2D eigenvalue weighted by molar-refractivity contribution is 6.02. The molecule has 0 atom stereocenters. The van der Waals surface area contributed by atoms with Gasteiger partial charge < -0.3 is 5.32 Å². The molecule has 0 radical (unpaired) electrons. The number of rotatable bonds is 4. The van der Waals surface area contributed by atoms with Crippen molar-refractivity contribution in [2.24, 2.45) is 0 Å². The van der Waals surface area contributed by atoms with Crippen LogP contribution in [0.25, 0.3) is 0 Å². The number of carbonyl (C=O) groups excluding carboxylic acids is 1. The number of anilines is 1. The van der Waals surface area contributed by atoms with Crippen molar-refractivity contribution in [3.05, 3.63) is 93.9 Å². The molecule has 0 aliphatic rings. The Morgan fingerprint density at radius 1 is 1.00 bits per heavy atom. The molecular formula is C18H13F2N3O2. The van der Waals surface area contributed by atoms with Crippen LogP contribution in [0, 0.1) is 11.6 Å². The van der Waals surface area contributed by atoms with E-state index in [0.717, 1.165) is 4.68 Å². The van der Waals surface area contributed by atoms with Gasteiger partial charge in [-0.3, -0.25) is 9.59 Å². The summed E-state index contributed by atoms with van der Waals surface area (Å²) >= 11 is 0. The third-order valence-electron chi connectivity index (χ3n) is 3.43. The molecule has 126 valence electrons. The zero-order valence-corrected chi connectivity index (χ0v) is 12.9. The first-order valence-electron chi connectivity index (χ1n) is 7.41. The summed E-state index contributed by atoms with van der Waals surface area (Å²) in [4.78, 5) is 24.1. The van der Waals surface area contributed by atoms with Crippen molar-refractivity contribution in [3.8, 4) is 0 Å². The summed E-state index contributed by atoms with van der Waals surface area (Å²) in [6, 6.07) is 13.6. The van der Waals surface area contributed by atoms with Crippen LogP contribution in [-0.4, -0.2) is 15.7 Å². The van der Waals surface area contributed by atoms with E-state index in [1.807, 2.05) is 0 Å². The van der Waals surface area contributed by atoms with Crippen LogP contribution < -0.4 is 10.9 Å². The minimum absolute atomic E-state index is 0.00553. The Labute approximate surface area is 141 Å². The maximum atomic E-state index is 13.2. The number of nitrogens with one attached hydrogen (secondary N) is 1. The van der Waals surface area contributed by atoms with Crippen LogP contribution >= 0.6 is 0 Å². The molecule has 5 nitrogen and oxygen atoms in total. The summed E-state index contributed by atoms with van der Waals surface area (Å²) < 4.78 is 27.2. The number of hydrogen-bond donors (Lipinski definition) is 1. The first kappa shape index (κ1) is 16.5. The maximum absolute atomic E-state index is 13.2. The fourth-order valence-corrected chi connectivity index (χ4v) is 2.21. The molecule has 0 fully saturated rings. The molecule has 0 spiro atoms. The molecule has 0 aliphatic heterocycles. The molecule has 1 heterocycles. The number of hydrogen-bond acceptors (Lipinski definition) is 3. The zero-order valence-electron chi connectivity index (χ0n) is 12.9. The molecule has 3 aromatic rings.